The number of para-hydroxylation sites is 1. The predicted molar refractivity (Wildman–Crippen MR) is 62.2 cm³/mol. The Labute approximate surface area is 107 Å². The van der Waals surface area contributed by atoms with Crippen LogP contribution >= 0.6 is 0 Å². The summed E-state index contributed by atoms with van der Waals surface area (Å²) >= 11 is 0. The molecule has 1 heterocycles. The number of nitrogen functional groups attached to an aromatic ring is 1. The number of nitrogens with one attached hydrogen (secondary N) is 1. The zero-order chi connectivity index (χ0) is 11.4. The summed E-state index contributed by atoms with van der Waals surface area (Å²) in [6.07, 6.45) is 2.26. The van der Waals surface area contributed by atoms with Crippen LogP contribution in [0.1, 0.15) is 23.2 Å². The van der Waals surface area contributed by atoms with Gasteiger partial charge in [0.2, 0.25) is 0 Å². The van der Waals surface area contributed by atoms with Gasteiger partial charge in [-0.2, -0.15) is 0 Å². The largest absolute Gasteiger partial charge is 1.00 e. The van der Waals surface area contributed by atoms with Crippen LogP contribution in [-0.2, 0) is 4.74 Å². The van der Waals surface area contributed by atoms with Crippen LogP contribution in [0.4, 0.5) is 5.69 Å². The molecule has 1 aliphatic heterocycles. The number of halogens is 1. The van der Waals surface area contributed by atoms with Crippen molar-refractivity contribution in [2.45, 2.75) is 18.9 Å². The second kappa shape index (κ2) is 6.47. The van der Waals surface area contributed by atoms with Crippen LogP contribution < -0.4 is 23.5 Å². The summed E-state index contributed by atoms with van der Waals surface area (Å²) < 4.78 is 5.42. The lowest BCUT2D eigenvalue weighted by atomic mass is 10.1. The van der Waals surface area contributed by atoms with Crippen LogP contribution in [0.25, 0.3) is 0 Å². The standard InChI is InChI=1S/C12H16N2O2.ClH/c13-11-6-2-1-5-10(11)12(15)14-8-9-4-3-7-16-9;/h1-2,5-6,9H,3-4,7-8,13H2,(H,14,15);1H/p-1. The molecule has 0 radical (unpaired) electrons. The quantitative estimate of drug-likeness (QED) is 0.626. The van der Waals surface area contributed by atoms with Crippen molar-refractivity contribution < 1.29 is 21.9 Å². The van der Waals surface area contributed by atoms with Crippen LogP contribution in [0.3, 0.4) is 0 Å². The molecule has 5 heteroatoms. The second-order valence-corrected chi connectivity index (χ2v) is 3.93. The van der Waals surface area contributed by atoms with E-state index in [9.17, 15) is 4.79 Å². The molecule has 3 N–H and O–H groups in total. The van der Waals surface area contributed by atoms with Gasteiger partial charge in [0.05, 0.1) is 11.7 Å². The Morgan fingerprint density at radius 2 is 2.24 bits per heavy atom. The van der Waals surface area contributed by atoms with Crippen LogP contribution in [0, 0.1) is 0 Å². The lowest BCUT2D eigenvalue weighted by Gasteiger charge is -2.11. The summed E-state index contributed by atoms with van der Waals surface area (Å²) in [6.45, 7) is 1.36. The fourth-order valence-electron chi connectivity index (χ4n) is 1.81. The van der Waals surface area contributed by atoms with Gasteiger partial charge < -0.3 is 28.2 Å². The average Bonchev–Trinajstić information content (AvgIpc) is 2.79. The first-order valence-corrected chi connectivity index (χ1v) is 5.51. The van der Waals surface area contributed by atoms with Crippen molar-refractivity contribution in [2.24, 2.45) is 0 Å². The van der Waals surface area contributed by atoms with E-state index in [2.05, 4.69) is 5.32 Å². The number of amides is 1. The molecule has 0 spiro atoms. The Bertz CT molecular complexity index is 379. The molecule has 0 aromatic heterocycles. The summed E-state index contributed by atoms with van der Waals surface area (Å²) in [4.78, 5) is 11.8. The molecule has 1 saturated heterocycles. The molecular formula is C12H16ClN2O2-. The Morgan fingerprint density at radius 3 is 2.88 bits per heavy atom. The van der Waals surface area contributed by atoms with Gasteiger partial charge in [-0.3, -0.25) is 4.79 Å². The van der Waals surface area contributed by atoms with Gasteiger partial charge in [-0.1, -0.05) is 12.1 Å². The lowest BCUT2D eigenvalue weighted by Crippen LogP contribution is -3.00. The normalized spacial score (nSPS) is 18.5. The van der Waals surface area contributed by atoms with Gasteiger partial charge in [0, 0.05) is 18.8 Å². The molecule has 94 valence electrons. The third-order valence-electron chi connectivity index (χ3n) is 2.72. The maximum atomic E-state index is 11.8. The molecule has 2 rings (SSSR count). The molecule has 0 saturated carbocycles. The van der Waals surface area contributed by atoms with Gasteiger partial charge in [-0.25, -0.2) is 0 Å². The molecule has 4 nitrogen and oxygen atoms in total. The zero-order valence-electron chi connectivity index (χ0n) is 9.49. The van der Waals surface area contributed by atoms with E-state index in [1.165, 1.54) is 0 Å². The van der Waals surface area contributed by atoms with Crippen molar-refractivity contribution in [3.8, 4) is 0 Å². The Kier molecular flexibility index (Phi) is 5.25. The minimum absolute atomic E-state index is 0. The molecule has 1 aromatic rings. The number of benzene rings is 1. The van der Waals surface area contributed by atoms with E-state index in [1.807, 2.05) is 6.07 Å². The summed E-state index contributed by atoms with van der Waals surface area (Å²) in [6, 6.07) is 7.06. The molecule has 1 aliphatic rings. The van der Waals surface area contributed by atoms with Gasteiger partial charge in [0.1, 0.15) is 0 Å². The molecule has 17 heavy (non-hydrogen) atoms. The SMILES string of the molecule is Nc1ccccc1C(=O)NCC1CCCO1.[Cl-]. The number of hydrogen-bond acceptors (Lipinski definition) is 3. The van der Waals surface area contributed by atoms with Crippen molar-refractivity contribution in [2.75, 3.05) is 18.9 Å². The second-order valence-electron chi connectivity index (χ2n) is 3.93. The van der Waals surface area contributed by atoms with Gasteiger partial charge in [0.15, 0.2) is 0 Å². The summed E-state index contributed by atoms with van der Waals surface area (Å²) in [5.41, 5.74) is 6.75. The number of anilines is 1. The van der Waals surface area contributed by atoms with Gasteiger partial charge in [-0.15, -0.1) is 0 Å². The van der Waals surface area contributed by atoms with Gasteiger partial charge >= 0.3 is 0 Å². The molecule has 1 unspecified atom stereocenters. The maximum absolute atomic E-state index is 11.8. The Morgan fingerprint density at radius 1 is 1.47 bits per heavy atom. The highest BCUT2D eigenvalue weighted by atomic mass is 35.5. The monoisotopic (exact) mass is 255 g/mol. The summed E-state index contributed by atoms with van der Waals surface area (Å²) in [7, 11) is 0. The van der Waals surface area contributed by atoms with E-state index in [1.54, 1.807) is 18.2 Å². The van der Waals surface area contributed by atoms with Crippen molar-refractivity contribution in [3.05, 3.63) is 29.8 Å². The third kappa shape index (κ3) is 3.61. The van der Waals surface area contributed by atoms with Crippen molar-refractivity contribution >= 4 is 11.6 Å². The average molecular weight is 256 g/mol. The summed E-state index contributed by atoms with van der Waals surface area (Å²) in [5.74, 6) is -0.131. The highest BCUT2D eigenvalue weighted by Gasteiger charge is 2.17. The Hall–Kier alpha value is -1.26. The van der Waals surface area contributed by atoms with E-state index in [4.69, 9.17) is 10.5 Å². The van der Waals surface area contributed by atoms with Crippen LogP contribution in [-0.4, -0.2) is 25.2 Å². The first kappa shape index (κ1) is 13.8. The summed E-state index contributed by atoms with van der Waals surface area (Å²) in [5, 5.41) is 2.84. The Balaban J connectivity index is 0.00000144. The van der Waals surface area contributed by atoms with E-state index in [0.717, 1.165) is 19.4 Å². The van der Waals surface area contributed by atoms with E-state index < -0.39 is 0 Å². The molecule has 1 fully saturated rings. The number of carbonyl (C=O) groups is 1. The van der Waals surface area contributed by atoms with Crippen molar-refractivity contribution in [1.82, 2.24) is 5.32 Å². The smallest absolute Gasteiger partial charge is 0.253 e. The molecule has 1 atom stereocenters. The van der Waals surface area contributed by atoms with E-state index >= 15 is 0 Å². The molecule has 1 aromatic carbocycles. The number of nitrogens with two attached hydrogens (primary N) is 1. The molecule has 0 aliphatic carbocycles. The maximum Gasteiger partial charge on any atom is 0.253 e. The zero-order valence-corrected chi connectivity index (χ0v) is 10.2. The lowest BCUT2D eigenvalue weighted by molar-refractivity contribution is -0.0000122. The predicted octanol–water partition coefficient (Wildman–Crippen LogP) is -1.82. The van der Waals surface area contributed by atoms with E-state index in [-0.39, 0.29) is 24.4 Å². The van der Waals surface area contributed by atoms with Crippen LogP contribution in [0.15, 0.2) is 24.3 Å². The molecule has 1 amide bonds. The first-order chi connectivity index (χ1) is 7.77. The van der Waals surface area contributed by atoms with Crippen molar-refractivity contribution in [3.63, 3.8) is 0 Å². The van der Waals surface area contributed by atoms with E-state index in [0.29, 0.717) is 17.8 Å². The topological polar surface area (TPSA) is 64.4 Å². The number of rotatable bonds is 3. The fourth-order valence-corrected chi connectivity index (χ4v) is 1.81. The molecule has 0 bridgehead atoms. The third-order valence-corrected chi connectivity index (χ3v) is 2.72. The van der Waals surface area contributed by atoms with Gasteiger partial charge in [0.25, 0.3) is 5.91 Å². The highest BCUT2D eigenvalue weighted by Crippen LogP contribution is 2.12. The van der Waals surface area contributed by atoms with Crippen LogP contribution in [0.5, 0.6) is 0 Å². The highest BCUT2D eigenvalue weighted by molar-refractivity contribution is 5.99. The van der Waals surface area contributed by atoms with Crippen molar-refractivity contribution in [1.29, 1.82) is 0 Å². The molecular weight excluding hydrogens is 240 g/mol. The number of carbonyl (C=O) groups excluding carboxylic acids is 1. The first-order valence-electron chi connectivity index (χ1n) is 5.51. The number of hydrogen-bond donors (Lipinski definition) is 2. The fraction of sp³-hybridized carbons (Fsp3) is 0.417. The number of ether oxygens (including phenoxy) is 1. The van der Waals surface area contributed by atoms with Crippen LogP contribution in [0.2, 0.25) is 0 Å². The minimum Gasteiger partial charge on any atom is -1.00 e. The minimum atomic E-state index is -0.131. The van der Waals surface area contributed by atoms with Gasteiger partial charge in [-0.05, 0) is 25.0 Å².